The summed E-state index contributed by atoms with van der Waals surface area (Å²) in [7, 11) is 0. The van der Waals surface area contributed by atoms with Crippen LogP contribution in [0.4, 0.5) is 13.2 Å². The van der Waals surface area contributed by atoms with Crippen molar-refractivity contribution < 1.29 is 18.0 Å². The largest absolute Gasteiger partial charge is 0.433 e. The second kappa shape index (κ2) is 8.30. The monoisotopic (exact) mass is 431 g/mol. The van der Waals surface area contributed by atoms with Crippen molar-refractivity contribution in [3.63, 3.8) is 0 Å². The molecule has 2 aromatic heterocycles. The van der Waals surface area contributed by atoms with Crippen molar-refractivity contribution in [3.8, 4) is 0 Å². The van der Waals surface area contributed by atoms with E-state index < -0.39 is 23.8 Å². The zero-order valence-electron chi connectivity index (χ0n) is 17.4. The van der Waals surface area contributed by atoms with E-state index in [4.69, 9.17) is 0 Å². The molecule has 4 rings (SSSR count). The van der Waals surface area contributed by atoms with Gasteiger partial charge < -0.3 is 4.90 Å². The van der Waals surface area contributed by atoms with E-state index in [1.165, 1.54) is 4.90 Å². The maximum atomic E-state index is 13.6. The smallest absolute Gasteiger partial charge is 0.336 e. The third-order valence-electron chi connectivity index (χ3n) is 5.55. The Morgan fingerprint density at radius 3 is 2.48 bits per heavy atom. The number of amides is 1. The van der Waals surface area contributed by atoms with Gasteiger partial charge in [0.1, 0.15) is 0 Å². The molecule has 3 heterocycles. The molecule has 0 bridgehead atoms. The van der Waals surface area contributed by atoms with Crippen LogP contribution in [-0.2, 0) is 12.7 Å². The van der Waals surface area contributed by atoms with Gasteiger partial charge in [0.2, 0.25) is 0 Å². The van der Waals surface area contributed by atoms with E-state index >= 15 is 0 Å². The third kappa shape index (κ3) is 4.27. The summed E-state index contributed by atoms with van der Waals surface area (Å²) >= 11 is 0. The van der Waals surface area contributed by atoms with Gasteiger partial charge in [-0.05, 0) is 25.5 Å². The first kappa shape index (κ1) is 21.3. The van der Waals surface area contributed by atoms with E-state index in [9.17, 15) is 18.0 Å². The molecule has 1 saturated heterocycles. The highest BCUT2D eigenvalue weighted by Crippen LogP contribution is 2.34. The number of hydrogen-bond acceptors (Lipinski definition) is 4. The molecule has 3 aromatic rings. The molecule has 164 valence electrons. The summed E-state index contributed by atoms with van der Waals surface area (Å²) < 4.78 is 41.7. The Labute approximate surface area is 178 Å². The Morgan fingerprint density at radius 2 is 1.81 bits per heavy atom. The molecule has 1 aliphatic heterocycles. The number of nitrogens with zero attached hydrogens (tertiary/aromatic N) is 5. The Balaban J connectivity index is 1.46. The van der Waals surface area contributed by atoms with E-state index in [1.807, 2.05) is 30.3 Å². The highest BCUT2D eigenvalue weighted by atomic mass is 19.4. The fourth-order valence-corrected chi connectivity index (χ4v) is 4.01. The molecule has 0 aliphatic carbocycles. The van der Waals surface area contributed by atoms with E-state index in [2.05, 4.69) is 15.0 Å². The van der Waals surface area contributed by atoms with Crippen LogP contribution in [0.3, 0.4) is 0 Å². The zero-order chi connectivity index (χ0) is 22.2. The Hall–Kier alpha value is -2.94. The van der Waals surface area contributed by atoms with Gasteiger partial charge in [-0.1, -0.05) is 24.3 Å². The molecule has 1 fully saturated rings. The molecule has 1 aromatic carbocycles. The van der Waals surface area contributed by atoms with Crippen LogP contribution in [0, 0.1) is 0 Å². The van der Waals surface area contributed by atoms with Gasteiger partial charge in [0, 0.05) is 50.3 Å². The summed E-state index contributed by atoms with van der Waals surface area (Å²) in [6.45, 7) is 5.77. The lowest BCUT2D eigenvalue weighted by Gasteiger charge is -2.35. The third-order valence-corrected chi connectivity index (χ3v) is 5.55. The molecule has 0 unspecified atom stereocenters. The number of rotatable bonds is 4. The van der Waals surface area contributed by atoms with Crippen LogP contribution in [0.5, 0.6) is 0 Å². The van der Waals surface area contributed by atoms with Crippen molar-refractivity contribution in [2.75, 3.05) is 26.2 Å². The van der Waals surface area contributed by atoms with Crippen LogP contribution >= 0.6 is 0 Å². The number of carbonyl (C=O) groups excluding carboxylic acids is 1. The number of aromatic nitrogens is 3. The van der Waals surface area contributed by atoms with Gasteiger partial charge in [-0.3, -0.25) is 19.4 Å². The number of pyridine rings is 1. The normalized spacial score (nSPS) is 15.7. The summed E-state index contributed by atoms with van der Waals surface area (Å²) in [5, 5.41) is 4.89. The van der Waals surface area contributed by atoms with Gasteiger partial charge in [-0.2, -0.15) is 18.3 Å². The molecule has 0 radical (unpaired) electrons. The number of halogens is 3. The standard InChI is InChI=1S/C22H24F3N5O/c1-15(2)30-20(22(23,24)25)18(13-27-30)21(31)29-11-9-28(10-12-29)14-17-6-3-5-16-7-4-8-26-19(16)17/h3-8,13,15H,9-12,14H2,1-2H3. The number of piperazine rings is 1. The summed E-state index contributed by atoms with van der Waals surface area (Å²) in [5.41, 5.74) is 0.680. The van der Waals surface area contributed by atoms with Crippen LogP contribution in [-0.4, -0.2) is 56.7 Å². The van der Waals surface area contributed by atoms with Crippen molar-refractivity contribution in [3.05, 3.63) is 59.5 Å². The predicted octanol–water partition coefficient (Wildman–Crippen LogP) is 3.99. The lowest BCUT2D eigenvalue weighted by molar-refractivity contribution is -0.145. The molecule has 1 aliphatic rings. The van der Waals surface area contributed by atoms with Gasteiger partial charge in [0.05, 0.1) is 17.3 Å². The molecule has 1 amide bonds. The van der Waals surface area contributed by atoms with Crippen LogP contribution in [0.15, 0.2) is 42.7 Å². The molecule has 31 heavy (non-hydrogen) atoms. The first-order valence-corrected chi connectivity index (χ1v) is 10.2. The van der Waals surface area contributed by atoms with E-state index in [0.717, 1.165) is 27.3 Å². The molecular weight excluding hydrogens is 407 g/mol. The average molecular weight is 431 g/mol. The van der Waals surface area contributed by atoms with Crippen molar-refractivity contribution in [1.29, 1.82) is 0 Å². The van der Waals surface area contributed by atoms with Gasteiger partial charge in [0.15, 0.2) is 5.69 Å². The maximum absolute atomic E-state index is 13.6. The van der Waals surface area contributed by atoms with Crippen LogP contribution < -0.4 is 0 Å². The minimum Gasteiger partial charge on any atom is -0.336 e. The van der Waals surface area contributed by atoms with Crippen molar-refractivity contribution in [2.24, 2.45) is 0 Å². The van der Waals surface area contributed by atoms with Gasteiger partial charge in [0.25, 0.3) is 5.91 Å². The summed E-state index contributed by atoms with van der Waals surface area (Å²) in [4.78, 5) is 21.0. The molecular formula is C22H24F3N5O. The number of carbonyl (C=O) groups is 1. The summed E-state index contributed by atoms with van der Waals surface area (Å²) in [6, 6.07) is 9.44. The van der Waals surface area contributed by atoms with Crippen LogP contribution in [0.25, 0.3) is 10.9 Å². The molecule has 0 atom stereocenters. The number of para-hydroxylation sites is 1. The highest BCUT2D eigenvalue weighted by Gasteiger charge is 2.41. The van der Waals surface area contributed by atoms with Crippen molar-refractivity contribution in [1.82, 2.24) is 24.6 Å². The van der Waals surface area contributed by atoms with Gasteiger partial charge >= 0.3 is 6.18 Å². The molecule has 0 N–H and O–H groups in total. The first-order chi connectivity index (χ1) is 14.8. The van der Waals surface area contributed by atoms with Crippen LogP contribution in [0.1, 0.15) is 41.5 Å². The fraction of sp³-hybridized carbons (Fsp3) is 0.409. The second-order valence-corrected chi connectivity index (χ2v) is 8.00. The summed E-state index contributed by atoms with van der Waals surface area (Å²) in [5.74, 6) is -0.620. The highest BCUT2D eigenvalue weighted by molar-refractivity contribution is 5.95. The van der Waals surface area contributed by atoms with E-state index in [0.29, 0.717) is 32.7 Å². The SMILES string of the molecule is CC(C)n1ncc(C(=O)N2CCN(Cc3cccc4cccnc34)CC2)c1C(F)(F)F. The maximum Gasteiger partial charge on any atom is 0.433 e. The number of fused-ring (bicyclic) bond motifs is 1. The number of benzene rings is 1. The summed E-state index contributed by atoms with van der Waals surface area (Å²) in [6.07, 6.45) is -1.84. The topological polar surface area (TPSA) is 54.3 Å². The second-order valence-electron chi connectivity index (χ2n) is 8.00. The van der Waals surface area contributed by atoms with Gasteiger partial charge in [-0.25, -0.2) is 0 Å². The Morgan fingerprint density at radius 1 is 1.10 bits per heavy atom. The molecule has 6 nitrogen and oxygen atoms in total. The Bertz CT molecular complexity index is 1080. The Kier molecular flexibility index (Phi) is 5.70. The van der Waals surface area contributed by atoms with Crippen LogP contribution in [0.2, 0.25) is 0 Å². The number of hydrogen-bond donors (Lipinski definition) is 0. The van der Waals surface area contributed by atoms with E-state index in [-0.39, 0.29) is 5.56 Å². The lowest BCUT2D eigenvalue weighted by atomic mass is 10.1. The average Bonchev–Trinajstić information content (AvgIpc) is 3.20. The first-order valence-electron chi connectivity index (χ1n) is 10.2. The minimum absolute atomic E-state index is 0.362. The number of alkyl halides is 3. The van der Waals surface area contributed by atoms with Gasteiger partial charge in [-0.15, -0.1) is 0 Å². The molecule has 0 saturated carbocycles. The van der Waals surface area contributed by atoms with E-state index in [1.54, 1.807) is 20.0 Å². The molecule has 0 spiro atoms. The van der Waals surface area contributed by atoms with Crippen molar-refractivity contribution >= 4 is 16.8 Å². The fourth-order valence-electron chi connectivity index (χ4n) is 4.01. The quantitative estimate of drug-likeness (QED) is 0.627. The zero-order valence-corrected chi connectivity index (χ0v) is 17.4. The minimum atomic E-state index is -4.64. The molecule has 9 heteroatoms. The van der Waals surface area contributed by atoms with Crippen molar-refractivity contribution in [2.45, 2.75) is 32.6 Å². The predicted molar refractivity (Wildman–Crippen MR) is 111 cm³/mol. The lowest BCUT2D eigenvalue weighted by Crippen LogP contribution is -2.48.